The number of carbonyl (C=O) groups is 1. The van der Waals surface area contributed by atoms with Crippen LogP contribution in [0.1, 0.15) is 21.7 Å². The van der Waals surface area contributed by atoms with E-state index in [2.05, 4.69) is 5.32 Å². The Bertz CT molecular complexity index is 1190. The van der Waals surface area contributed by atoms with Crippen LogP contribution in [0.2, 0.25) is 5.02 Å². The Morgan fingerprint density at radius 3 is 2.55 bits per heavy atom. The van der Waals surface area contributed by atoms with Crippen molar-refractivity contribution < 1.29 is 19.1 Å². The molecule has 0 bridgehead atoms. The highest BCUT2D eigenvalue weighted by Gasteiger charge is 2.12. The molecule has 5 nitrogen and oxygen atoms in total. The van der Waals surface area contributed by atoms with Crippen molar-refractivity contribution in [1.29, 1.82) is 0 Å². The van der Waals surface area contributed by atoms with E-state index >= 15 is 0 Å². The SMILES string of the molecule is O=C(Nc1ccc(-c2ccc(CO)o2)c(Cl)c1)c1cccc(OCc2ccccc2)c1. The van der Waals surface area contributed by atoms with Crippen molar-refractivity contribution in [3.63, 3.8) is 0 Å². The van der Waals surface area contributed by atoms with Crippen molar-refractivity contribution in [3.05, 3.63) is 107 Å². The number of ether oxygens (including phenoxy) is 1. The lowest BCUT2D eigenvalue weighted by molar-refractivity contribution is 0.102. The van der Waals surface area contributed by atoms with Crippen molar-refractivity contribution in [2.24, 2.45) is 0 Å². The Morgan fingerprint density at radius 2 is 1.81 bits per heavy atom. The van der Waals surface area contributed by atoms with Gasteiger partial charge in [-0.2, -0.15) is 0 Å². The fraction of sp³-hybridized carbons (Fsp3) is 0.0800. The van der Waals surface area contributed by atoms with Crippen LogP contribution in [0.15, 0.2) is 89.3 Å². The number of furan rings is 1. The number of aliphatic hydroxyl groups is 1. The van der Waals surface area contributed by atoms with Gasteiger partial charge in [0.2, 0.25) is 0 Å². The molecule has 0 aliphatic rings. The number of amides is 1. The molecule has 0 aliphatic heterocycles. The lowest BCUT2D eigenvalue weighted by Gasteiger charge is -2.10. The molecule has 0 radical (unpaired) electrons. The van der Waals surface area contributed by atoms with Gasteiger partial charge in [-0.25, -0.2) is 0 Å². The van der Waals surface area contributed by atoms with Crippen LogP contribution in [0.25, 0.3) is 11.3 Å². The first-order valence-electron chi connectivity index (χ1n) is 9.70. The number of benzene rings is 3. The Balaban J connectivity index is 1.43. The Labute approximate surface area is 184 Å². The van der Waals surface area contributed by atoms with Gasteiger partial charge in [-0.1, -0.05) is 48.0 Å². The van der Waals surface area contributed by atoms with Crippen LogP contribution in [-0.4, -0.2) is 11.0 Å². The number of hydrogen-bond donors (Lipinski definition) is 2. The minimum Gasteiger partial charge on any atom is -0.489 e. The minimum absolute atomic E-state index is 0.181. The van der Waals surface area contributed by atoms with E-state index in [9.17, 15) is 4.79 Å². The summed E-state index contributed by atoms with van der Waals surface area (Å²) in [5.74, 6) is 1.35. The van der Waals surface area contributed by atoms with E-state index < -0.39 is 0 Å². The predicted octanol–water partition coefficient (Wildman–Crippen LogP) is 5.92. The maximum atomic E-state index is 12.7. The van der Waals surface area contributed by atoms with Crippen molar-refractivity contribution in [2.75, 3.05) is 5.32 Å². The average molecular weight is 434 g/mol. The molecule has 6 heteroatoms. The van der Waals surface area contributed by atoms with Crippen molar-refractivity contribution in [1.82, 2.24) is 0 Å². The molecule has 4 aromatic rings. The molecular formula is C25H20ClNO4. The van der Waals surface area contributed by atoms with Gasteiger partial charge < -0.3 is 19.6 Å². The van der Waals surface area contributed by atoms with E-state index in [0.29, 0.717) is 45.7 Å². The summed E-state index contributed by atoms with van der Waals surface area (Å²) in [6.07, 6.45) is 0. The van der Waals surface area contributed by atoms with E-state index in [-0.39, 0.29) is 12.5 Å². The zero-order valence-electron chi connectivity index (χ0n) is 16.5. The summed E-state index contributed by atoms with van der Waals surface area (Å²) in [6, 6.07) is 25.4. The number of rotatable bonds is 7. The average Bonchev–Trinajstić information content (AvgIpc) is 3.28. The quantitative estimate of drug-likeness (QED) is 0.379. The number of aliphatic hydroxyl groups excluding tert-OH is 1. The van der Waals surface area contributed by atoms with Crippen LogP contribution < -0.4 is 10.1 Å². The molecule has 1 heterocycles. The molecule has 0 saturated heterocycles. The zero-order chi connectivity index (χ0) is 21.6. The summed E-state index contributed by atoms with van der Waals surface area (Å²) in [5.41, 5.74) is 2.76. The van der Waals surface area contributed by atoms with E-state index in [1.54, 1.807) is 48.5 Å². The third-order valence-electron chi connectivity index (χ3n) is 4.65. The lowest BCUT2D eigenvalue weighted by atomic mass is 10.1. The molecule has 0 spiro atoms. The smallest absolute Gasteiger partial charge is 0.255 e. The first-order valence-corrected chi connectivity index (χ1v) is 10.1. The molecule has 2 N–H and O–H groups in total. The van der Waals surface area contributed by atoms with Gasteiger partial charge in [-0.15, -0.1) is 0 Å². The number of hydrogen-bond acceptors (Lipinski definition) is 4. The van der Waals surface area contributed by atoms with Gasteiger partial charge in [0.05, 0.1) is 5.02 Å². The van der Waals surface area contributed by atoms with E-state index in [4.69, 9.17) is 25.9 Å². The monoisotopic (exact) mass is 433 g/mol. The molecule has 0 atom stereocenters. The minimum atomic E-state index is -0.269. The van der Waals surface area contributed by atoms with Crippen LogP contribution in [0.5, 0.6) is 5.75 Å². The van der Waals surface area contributed by atoms with Gasteiger partial charge in [0.25, 0.3) is 5.91 Å². The summed E-state index contributed by atoms with van der Waals surface area (Å²) in [6.45, 7) is 0.244. The summed E-state index contributed by atoms with van der Waals surface area (Å²) < 4.78 is 11.3. The highest BCUT2D eigenvalue weighted by atomic mass is 35.5. The molecule has 3 aromatic carbocycles. The van der Waals surface area contributed by atoms with Crippen LogP contribution >= 0.6 is 11.6 Å². The second-order valence-electron chi connectivity index (χ2n) is 6.87. The van der Waals surface area contributed by atoms with Gasteiger partial charge in [0.15, 0.2) is 0 Å². The zero-order valence-corrected chi connectivity index (χ0v) is 17.3. The van der Waals surface area contributed by atoms with Crippen molar-refractivity contribution >= 4 is 23.2 Å². The second-order valence-corrected chi connectivity index (χ2v) is 7.28. The Hall–Kier alpha value is -3.54. The first kappa shape index (κ1) is 20.7. The van der Waals surface area contributed by atoms with Crippen LogP contribution in [0.4, 0.5) is 5.69 Å². The molecule has 156 valence electrons. The normalized spacial score (nSPS) is 10.6. The second kappa shape index (κ2) is 9.51. The van der Waals surface area contributed by atoms with E-state index in [1.807, 2.05) is 36.4 Å². The molecule has 4 rings (SSSR count). The van der Waals surface area contributed by atoms with Gasteiger partial charge in [-0.3, -0.25) is 4.79 Å². The summed E-state index contributed by atoms with van der Waals surface area (Å²) in [5, 5.41) is 12.4. The topological polar surface area (TPSA) is 71.7 Å². The number of carbonyl (C=O) groups excluding carboxylic acids is 1. The van der Waals surface area contributed by atoms with Gasteiger partial charge in [0.1, 0.15) is 30.5 Å². The molecule has 0 fully saturated rings. The molecule has 0 aliphatic carbocycles. The summed E-state index contributed by atoms with van der Waals surface area (Å²) in [7, 11) is 0. The fourth-order valence-corrected chi connectivity index (χ4v) is 3.35. The van der Waals surface area contributed by atoms with E-state index in [0.717, 1.165) is 5.56 Å². The Morgan fingerprint density at radius 1 is 0.968 bits per heavy atom. The first-order chi connectivity index (χ1) is 15.1. The van der Waals surface area contributed by atoms with Gasteiger partial charge >= 0.3 is 0 Å². The number of anilines is 1. The molecular weight excluding hydrogens is 414 g/mol. The Kier molecular flexibility index (Phi) is 6.36. The van der Waals surface area contributed by atoms with E-state index in [1.165, 1.54) is 0 Å². The van der Waals surface area contributed by atoms with Crippen molar-refractivity contribution in [2.45, 2.75) is 13.2 Å². The number of nitrogens with one attached hydrogen (secondary N) is 1. The largest absolute Gasteiger partial charge is 0.489 e. The standard InChI is InChI=1S/C25H20ClNO4/c26-23-14-19(9-11-22(23)24-12-10-21(15-28)31-24)27-25(29)18-7-4-8-20(13-18)30-16-17-5-2-1-3-6-17/h1-14,28H,15-16H2,(H,27,29). The summed E-state index contributed by atoms with van der Waals surface area (Å²) in [4.78, 5) is 12.7. The maximum Gasteiger partial charge on any atom is 0.255 e. The third-order valence-corrected chi connectivity index (χ3v) is 4.97. The van der Waals surface area contributed by atoms with Gasteiger partial charge in [-0.05, 0) is 54.1 Å². The highest BCUT2D eigenvalue weighted by molar-refractivity contribution is 6.33. The van der Waals surface area contributed by atoms with Crippen LogP contribution in [-0.2, 0) is 13.2 Å². The molecule has 0 unspecified atom stereocenters. The van der Waals surface area contributed by atoms with Crippen molar-refractivity contribution in [3.8, 4) is 17.1 Å². The van der Waals surface area contributed by atoms with Crippen LogP contribution in [0, 0.1) is 0 Å². The molecule has 31 heavy (non-hydrogen) atoms. The lowest BCUT2D eigenvalue weighted by Crippen LogP contribution is -2.12. The third kappa shape index (κ3) is 5.15. The highest BCUT2D eigenvalue weighted by Crippen LogP contribution is 2.32. The fourth-order valence-electron chi connectivity index (χ4n) is 3.07. The molecule has 1 aromatic heterocycles. The predicted molar refractivity (Wildman–Crippen MR) is 120 cm³/mol. The summed E-state index contributed by atoms with van der Waals surface area (Å²) >= 11 is 6.38. The van der Waals surface area contributed by atoms with Crippen LogP contribution in [0.3, 0.4) is 0 Å². The van der Waals surface area contributed by atoms with Gasteiger partial charge in [0, 0.05) is 16.8 Å². The number of halogens is 1. The molecule has 1 amide bonds. The molecule has 0 saturated carbocycles. The maximum absolute atomic E-state index is 12.7.